The van der Waals surface area contributed by atoms with Crippen molar-refractivity contribution >= 4 is 123 Å². The molecule has 0 radical (unpaired) electrons. The van der Waals surface area contributed by atoms with Gasteiger partial charge < -0.3 is 23.4 Å². The van der Waals surface area contributed by atoms with E-state index < -0.39 is 84.6 Å². The average molecular weight is 1440 g/mol. The number of anilines is 6. The molecule has 0 unspecified atom stereocenters. The highest BCUT2D eigenvalue weighted by molar-refractivity contribution is 7.00. The lowest BCUT2D eigenvalue weighted by molar-refractivity contribution is 0.591. The number of hydrogen-bond donors (Lipinski definition) is 0. The third-order valence-corrected chi connectivity index (χ3v) is 22.6. The molecule has 6 heteroatoms. The van der Waals surface area contributed by atoms with Crippen molar-refractivity contribution < 1.29 is 25.0 Å². The molecule has 2 aliphatic rings. The van der Waals surface area contributed by atoms with Crippen molar-refractivity contribution in [3.05, 3.63) is 393 Å². The Balaban J connectivity index is 0.966. The number of rotatable bonds is 11. The highest BCUT2D eigenvalue weighted by atomic mass is 16.3. The molecule has 0 saturated heterocycles. The van der Waals surface area contributed by atoms with Crippen LogP contribution in [0.15, 0.2) is 392 Å². The third-order valence-electron chi connectivity index (χ3n) is 22.6. The maximum absolute atomic E-state index is 10.0. The fourth-order valence-corrected chi connectivity index (χ4v) is 17.4. The first-order chi connectivity index (χ1) is 61.4. The molecule has 22 rings (SSSR count). The summed E-state index contributed by atoms with van der Waals surface area (Å²) < 4.78 is 154. The Labute approximate surface area is 672 Å². The van der Waals surface area contributed by atoms with E-state index >= 15 is 0 Å². The van der Waals surface area contributed by atoms with Gasteiger partial charge in [0.2, 0.25) is 0 Å². The lowest BCUT2D eigenvalue weighted by atomic mass is 9.33. The smallest absolute Gasteiger partial charge is 0.252 e. The maximum atomic E-state index is 10.0. The Kier molecular flexibility index (Phi) is 11.8. The van der Waals surface area contributed by atoms with Crippen LogP contribution in [-0.4, -0.2) is 15.8 Å². The standard InChI is InChI=1S/C106H73BN4O/c1-106(2,3)78-64-88(75-39-26-37-72(59-75)68-29-8-4-9-30-68)105(89(65-78)76-40-27-38-73(60-76)69-31-10-5-11-32-69)111-98-67-80(109-95-50-23-18-43-85(95)86-44-19-24-51-96(86)109)55-57-92(98)107-91-56-54-79(108-93-48-21-16-41-83(93)84-42-17-22-49-94(84)108)66-97(91)110(104-81(70-33-12-6-13-34-70)46-28-47-82(104)71-35-14-7-15-36-71)99-62-77(63-100(111)103(99)107)74-53-58-102-90(61-74)87-45-20-25-52-101(87)112-102/h4-67H,1-3H3/i16D,17D,18D,19D,21D,23D,24D,41D,42D,43D,44D,48D,49D,50D,51D. The van der Waals surface area contributed by atoms with E-state index in [-0.39, 0.29) is 61.7 Å². The van der Waals surface area contributed by atoms with Gasteiger partial charge in [0.1, 0.15) is 11.2 Å². The average Bonchev–Trinajstić information content (AvgIpc) is 1.54. The van der Waals surface area contributed by atoms with Gasteiger partial charge in [-0.25, -0.2) is 0 Å². The van der Waals surface area contributed by atoms with E-state index in [1.165, 1.54) is 6.07 Å². The molecule has 20 aromatic rings. The molecule has 17 aromatic carbocycles. The Bertz CT molecular complexity index is 7910. The second kappa shape index (κ2) is 25.7. The summed E-state index contributed by atoms with van der Waals surface area (Å²) >= 11 is 0. The molecule has 5 nitrogen and oxygen atoms in total. The van der Waals surface area contributed by atoms with Crippen molar-refractivity contribution in [2.75, 3.05) is 9.80 Å². The SMILES string of the molecule is [2H]c1cc([2H])c2c(c1[2H])c1c([2H])c([2H])c([2H])c([2H])c1n2-c1ccc2c(c1)N(c1c(-c3ccccc3)cccc1-c1ccccc1)c1cc(-c3ccc4oc5ccccc5c4c3)cc3c1B2c1ccc(-n2c4c([2H])c([2H])c([2H])c([2H])c4c4c([2H])c([2H])c([2H])c([2H])c42)cc1N3c1c(-c2cccc(-c3ccccc3)c2)cc(C(C)(C)C)cc1-c1cccc(-c2ccccc2)c1. The number of aromatic nitrogens is 2. The molecule has 526 valence electrons. The highest BCUT2D eigenvalue weighted by Crippen LogP contribution is 2.56. The molecule has 2 aliphatic heterocycles. The van der Waals surface area contributed by atoms with Gasteiger partial charge in [0.25, 0.3) is 6.71 Å². The highest BCUT2D eigenvalue weighted by Gasteiger charge is 2.46. The van der Waals surface area contributed by atoms with Gasteiger partial charge in [-0.2, -0.15) is 0 Å². The maximum Gasteiger partial charge on any atom is 0.252 e. The van der Waals surface area contributed by atoms with Crippen LogP contribution in [0.4, 0.5) is 34.1 Å². The third kappa shape index (κ3) is 10.4. The van der Waals surface area contributed by atoms with Gasteiger partial charge in [-0.05, 0) is 186 Å². The molecule has 112 heavy (non-hydrogen) atoms. The van der Waals surface area contributed by atoms with Crippen LogP contribution in [0.5, 0.6) is 0 Å². The molecule has 0 aliphatic carbocycles. The van der Waals surface area contributed by atoms with Crippen molar-refractivity contribution in [2.45, 2.75) is 26.2 Å². The van der Waals surface area contributed by atoms with Crippen molar-refractivity contribution in [1.29, 1.82) is 0 Å². The largest absolute Gasteiger partial charge is 0.456 e. The van der Waals surface area contributed by atoms with Crippen LogP contribution >= 0.6 is 0 Å². The molecule has 0 spiro atoms. The first kappa shape index (κ1) is 51.2. The predicted octanol–water partition coefficient (Wildman–Crippen LogP) is 26.8. The summed E-state index contributed by atoms with van der Waals surface area (Å²) in [4.78, 5) is 4.70. The summed E-state index contributed by atoms with van der Waals surface area (Å²) in [5, 5.41) is 1.62. The van der Waals surface area contributed by atoms with Gasteiger partial charge in [-0.1, -0.05) is 306 Å². The summed E-state index contributed by atoms with van der Waals surface area (Å²) in [7, 11) is 0. The lowest BCUT2D eigenvalue weighted by Gasteiger charge is -2.46. The van der Waals surface area contributed by atoms with Crippen molar-refractivity contribution in [2.24, 2.45) is 0 Å². The molecule has 0 bridgehead atoms. The number of furan rings is 1. The van der Waals surface area contributed by atoms with E-state index in [9.17, 15) is 17.8 Å². The molecule has 3 aromatic heterocycles. The van der Waals surface area contributed by atoms with E-state index in [1.54, 1.807) is 9.13 Å². The Hall–Kier alpha value is -14.2. The van der Waals surface area contributed by atoms with Crippen LogP contribution < -0.4 is 26.2 Å². The quantitative estimate of drug-likeness (QED) is 0.121. The number of fused-ring (bicyclic) bond motifs is 13. The predicted molar refractivity (Wildman–Crippen MR) is 473 cm³/mol. The minimum atomic E-state index is -0.812. The number of nitrogens with zero attached hydrogens (tertiary/aromatic N) is 4. The summed E-state index contributed by atoms with van der Waals surface area (Å²) in [6.07, 6.45) is 0. The zero-order chi connectivity index (χ0) is 87.3. The minimum Gasteiger partial charge on any atom is -0.456 e. The van der Waals surface area contributed by atoms with Crippen LogP contribution in [0.25, 0.3) is 155 Å². The molecule has 0 N–H and O–H groups in total. The molecule has 0 amide bonds. The van der Waals surface area contributed by atoms with Crippen molar-refractivity contribution in [1.82, 2.24) is 9.13 Å². The van der Waals surface area contributed by atoms with Gasteiger partial charge in [0.05, 0.1) is 54.0 Å². The molecule has 0 atom stereocenters. The fraction of sp³-hybridized carbons (Fsp3) is 0.0377. The first-order valence-corrected chi connectivity index (χ1v) is 37.7. The zero-order valence-electron chi connectivity index (χ0n) is 76.1. The summed E-state index contributed by atoms with van der Waals surface area (Å²) in [6, 6.07) is 94.4. The molecular weight excluding hydrogens is 1360 g/mol. The minimum absolute atomic E-state index is 0.00897. The summed E-state index contributed by atoms with van der Waals surface area (Å²) in [5.74, 6) is 0. The lowest BCUT2D eigenvalue weighted by Crippen LogP contribution is -2.61. The van der Waals surface area contributed by atoms with Gasteiger partial charge in [-0.3, -0.25) is 0 Å². The fourth-order valence-electron chi connectivity index (χ4n) is 17.4. The normalized spacial score (nSPS) is 14.4. The van der Waals surface area contributed by atoms with Crippen LogP contribution in [0.1, 0.15) is 46.9 Å². The Morgan fingerprint density at radius 2 is 0.688 bits per heavy atom. The topological polar surface area (TPSA) is 29.5 Å². The van der Waals surface area contributed by atoms with Crippen LogP contribution in [0.3, 0.4) is 0 Å². The number of hydrogen-bond acceptors (Lipinski definition) is 3. The van der Waals surface area contributed by atoms with Gasteiger partial charge in [0, 0.05) is 88.7 Å². The Morgan fingerprint density at radius 3 is 1.20 bits per heavy atom. The van der Waals surface area contributed by atoms with E-state index in [4.69, 9.17) is 7.16 Å². The summed E-state index contributed by atoms with van der Waals surface area (Å²) in [5.41, 5.74) is 21.2. The number of benzene rings is 17. The van der Waals surface area contributed by atoms with Crippen molar-refractivity contribution in [3.63, 3.8) is 0 Å². The zero-order valence-corrected chi connectivity index (χ0v) is 61.1. The second-order valence-electron chi connectivity index (χ2n) is 29.9. The molecule has 0 fully saturated rings. The monoisotopic (exact) mass is 1440 g/mol. The number of para-hydroxylation sites is 6. The van der Waals surface area contributed by atoms with E-state index in [2.05, 4.69) is 188 Å². The first-order valence-electron chi connectivity index (χ1n) is 45.2. The van der Waals surface area contributed by atoms with Gasteiger partial charge in [-0.15, -0.1) is 0 Å². The molecule has 5 heterocycles. The Morgan fingerprint density at radius 1 is 0.277 bits per heavy atom. The molecule has 0 saturated carbocycles. The van der Waals surface area contributed by atoms with Crippen LogP contribution in [-0.2, 0) is 5.41 Å². The summed E-state index contributed by atoms with van der Waals surface area (Å²) in [6.45, 7) is 5.85. The van der Waals surface area contributed by atoms with Crippen LogP contribution in [0.2, 0.25) is 0 Å². The second-order valence-corrected chi connectivity index (χ2v) is 29.9. The van der Waals surface area contributed by atoms with Gasteiger partial charge >= 0.3 is 0 Å². The van der Waals surface area contributed by atoms with E-state index in [0.717, 1.165) is 122 Å². The molecular formula is C106H73BN4O. The van der Waals surface area contributed by atoms with Crippen molar-refractivity contribution in [3.8, 4) is 89.3 Å². The van der Waals surface area contributed by atoms with E-state index in [0.29, 0.717) is 45.3 Å². The van der Waals surface area contributed by atoms with E-state index in [1.807, 2.05) is 133 Å². The van der Waals surface area contributed by atoms with Gasteiger partial charge in [0.15, 0.2) is 0 Å². The van der Waals surface area contributed by atoms with Crippen LogP contribution in [0, 0.1) is 0 Å².